The lowest BCUT2D eigenvalue weighted by Crippen LogP contribution is -2.39. The summed E-state index contributed by atoms with van der Waals surface area (Å²) < 4.78 is 2.07. The summed E-state index contributed by atoms with van der Waals surface area (Å²) in [4.78, 5) is 15.4. The standard InChI is InChI=1S/C15H25N5O2/c1-18(8-12(21)9-20-7-3-4-14(20)22)10-13-16-17-15(19(13)2)11-5-6-11/h11-12,21H,3-10H2,1-2H3. The molecule has 1 aliphatic carbocycles. The SMILES string of the molecule is CN(Cc1nnc(C2CC2)n1C)CC(O)CN1CCCC1=O. The Morgan fingerprint density at radius 1 is 1.41 bits per heavy atom. The normalized spacial score (nSPS) is 20.2. The smallest absolute Gasteiger partial charge is 0.222 e. The van der Waals surface area contributed by atoms with Gasteiger partial charge in [-0.1, -0.05) is 0 Å². The van der Waals surface area contributed by atoms with Gasteiger partial charge >= 0.3 is 0 Å². The first-order chi connectivity index (χ1) is 10.5. The highest BCUT2D eigenvalue weighted by molar-refractivity contribution is 5.78. The van der Waals surface area contributed by atoms with Gasteiger partial charge in [-0.2, -0.15) is 0 Å². The number of carbonyl (C=O) groups is 1. The molecule has 1 amide bonds. The van der Waals surface area contributed by atoms with Crippen molar-refractivity contribution < 1.29 is 9.90 Å². The molecular weight excluding hydrogens is 282 g/mol. The third-order valence-electron chi connectivity index (χ3n) is 4.48. The van der Waals surface area contributed by atoms with E-state index in [4.69, 9.17) is 0 Å². The minimum Gasteiger partial charge on any atom is -0.390 e. The molecule has 1 aliphatic heterocycles. The first kappa shape index (κ1) is 15.4. The van der Waals surface area contributed by atoms with Crippen LogP contribution in [0.25, 0.3) is 0 Å². The van der Waals surface area contributed by atoms with Gasteiger partial charge in [-0.25, -0.2) is 0 Å². The maximum Gasteiger partial charge on any atom is 0.222 e. The van der Waals surface area contributed by atoms with E-state index in [-0.39, 0.29) is 5.91 Å². The van der Waals surface area contributed by atoms with E-state index in [1.165, 1.54) is 12.8 Å². The van der Waals surface area contributed by atoms with Crippen LogP contribution in [0.1, 0.15) is 43.3 Å². The van der Waals surface area contributed by atoms with Crippen LogP contribution in [0.5, 0.6) is 0 Å². The van der Waals surface area contributed by atoms with E-state index in [2.05, 4.69) is 14.8 Å². The lowest BCUT2D eigenvalue weighted by Gasteiger charge is -2.24. The Balaban J connectivity index is 1.49. The molecule has 1 aromatic rings. The first-order valence-electron chi connectivity index (χ1n) is 8.07. The van der Waals surface area contributed by atoms with Crippen LogP contribution in [0.4, 0.5) is 0 Å². The topological polar surface area (TPSA) is 74.5 Å². The number of β-amino-alcohol motifs (C(OH)–C–C–N with tert-alkyl or cyclic N) is 1. The molecule has 7 heteroatoms. The highest BCUT2D eigenvalue weighted by Crippen LogP contribution is 2.38. The summed E-state index contributed by atoms with van der Waals surface area (Å²) >= 11 is 0. The first-order valence-corrected chi connectivity index (χ1v) is 8.07. The van der Waals surface area contributed by atoms with Crippen molar-refractivity contribution in [2.45, 2.75) is 44.2 Å². The summed E-state index contributed by atoms with van der Waals surface area (Å²) in [5.41, 5.74) is 0. The molecule has 0 bridgehead atoms. The molecular formula is C15H25N5O2. The average molecular weight is 307 g/mol. The van der Waals surface area contributed by atoms with Crippen molar-refractivity contribution in [2.75, 3.05) is 26.7 Å². The van der Waals surface area contributed by atoms with E-state index in [1.54, 1.807) is 4.90 Å². The number of hydrogen-bond donors (Lipinski definition) is 1. The number of aliphatic hydroxyl groups is 1. The molecule has 1 saturated heterocycles. The molecule has 0 spiro atoms. The number of carbonyl (C=O) groups excluding carboxylic acids is 1. The van der Waals surface area contributed by atoms with E-state index < -0.39 is 6.10 Å². The Labute approximate surface area is 130 Å². The van der Waals surface area contributed by atoms with Crippen LogP contribution in [0.15, 0.2) is 0 Å². The minimum absolute atomic E-state index is 0.157. The molecule has 1 unspecified atom stereocenters. The summed E-state index contributed by atoms with van der Waals surface area (Å²) in [6.07, 6.45) is 3.42. The molecule has 2 heterocycles. The quantitative estimate of drug-likeness (QED) is 0.774. The highest BCUT2D eigenvalue weighted by atomic mass is 16.3. The van der Waals surface area contributed by atoms with Gasteiger partial charge in [-0.15, -0.1) is 10.2 Å². The largest absolute Gasteiger partial charge is 0.390 e. The van der Waals surface area contributed by atoms with Crippen LogP contribution < -0.4 is 0 Å². The van der Waals surface area contributed by atoms with Crippen LogP contribution in [0.2, 0.25) is 0 Å². The van der Waals surface area contributed by atoms with Gasteiger partial charge in [-0.3, -0.25) is 9.69 Å². The van der Waals surface area contributed by atoms with Gasteiger partial charge in [0.15, 0.2) is 0 Å². The summed E-state index contributed by atoms with van der Waals surface area (Å²) in [6, 6.07) is 0. The number of likely N-dealkylation sites (N-methyl/N-ethyl adjacent to an activating group) is 1. The maximum absolute atomic E-state index is 11.6. The Morgan fingerprint density at radius 3 is 2.82 bits per heavy atom. The third-order valence-corrected chi connectivity index (χ3v) is 4.48. The monoisotopic (exact) mass is 307 g/mol. The van der Waals surface area contributed by atoms with Crippen molar-refractivity contribution in [1.29, 1.82) is 0 Å². The zero-order valence-electron chi connectivity index (χ0n) is 13.4. The molecule has 7 nitrogen and oxygen atoms in total. The fourth-order valence-corrected chi connectivity index (χ4v) is 3.09. The molecule has 0 radical (unpaired) electrons. The van der Waals surface area contributed by atoms with Crippen LogP contribution >= 0.6 is 0 Å². The minimum atomic E-state index is -0.525. The molecule has 2 aliphatic rings. The van der Waals surface area contributed by atoms with Crippen LogP contribution in [0, 0.1) is 0 Å². The average Bonchev–Trinajstić information content (AvgIpc) is 3.14. The zero-order chi connectivity index (χ0) is 15.7. The Bertz CT molecular complexity index is 540. The van der Waals surface area contributed by atoms with Gasteiger partial charge in [0.05, 0.1) is 12.6 Å². The molecule has 0 aromatic carbocycles. The van der Waals surface area contributed by atoms with Crippen molar-refractivity contribution in [2.24, 2.45) is 7.05 Å². The summed E-state index contributed by atoms with van der Waals surface area (Å²) in [7, 11) is 3.97. The fourth-order valence-electron chi connectivity index (χ4n) is 3.09. The van der Waals surface area contributed by atoms with Gasteiger partial charge in [0, 0.05) is 39.0 Å². The van der Waals surface area contributed by atoms with Crippen molar-refractivity contribution in [3.63, 3.8) is 0 Å². The van der Waals surface area contributed by atoms with Crippen molar-refractivity contribution in [3.8, 4) is 0 Å². The summed E-state index contributed by atoms with van der Waals surface area (Å²) in [6.45, 7) is 2.37. The lowest BCUT2D eigenvalue weighted by molar-refractivity contribution is -0.129. The second kappa shape index (κ2) is 6.34. The summed E-state index contributed by atoms with van der Waals surface area (Å²) in [5, 5.41) is 18.7. The van der Waals surface area contributed by atoms with Crippen LogP contribution in [-0.2, 0) is 18.4 Å². The number of aromatic nitrogens is 3. The fraction of sp³-hybridized carbons (Fsp3) is 0.800. The second-order valence-electron chi connectivity index (χ2n) is 6.60. The zero-order valence-corrected chi connectivity index (χ0v) is 13.4. The molecule has 22 heavy (non-hydrogen) atoms. The van der Waals surface area contributed by atoms with Crippen molar-refractivity contribution in [3.05, 3.63) is 11.6 Å². The van der Waals surface area contributed by atoms with Gasteiger partial charge in [0.25, 0.3) is 0 Å². The van der Waals surface area contributed by atoms with E-state index >= 15 is 0 Å². The molecule has 1 atom stereocenters. The van der Waals surface area contributed by atoms with Gasteiger partial charge in [-0.05, 0) is 26.3 Å². The Kier molecular flexibility index (Phi) is 4.44. The van der Waals surface area contributed by atoms with E-state index in [0.717, 1.165) is 24.6 Å². The summed E-state index contributed by atoms with van der Waals surface area (Å²) in [5.74, 6) is 2.74. The molecule has 1 aromatic heterocycles. The number of rotatable bonds is 7. The molecule has 122 valence electrons. The second-order valence-corrected chi connectivity index (χ2v) is 6.60. The van der Waals surface area contributed by atoms with Crippen molar-refractivity contribution >= 4 is 5.91 Å². The number of likely N-dealkylation sites (tertiary alicyclic amines) is 1. The number of nitrogens with zero attached hydrogens (tertiary/aromatic N) is 5. The van der Waals surface area contributed by atoms with Crippen LogP contribution in [0.3, 0.4) is 0 Å². The van der Waals surface area contributed by atoms with E-state index in [9.17, 15) is 9.90 Å². The van der Waals surface area contributed by atoms with Crippen LogP contribution in [-0.4, -0.2) is 68.4 Å². The predicted octanol–water partition coefficient (Wildman–Crippen LogP) is 0.108. The number of amides is 1. The molecule has 1 saturated carbocycles. The molecule has 2 fully saturated rings. The highest BCUT2D eigenvalue weighted by Gasteiger charge is 2.29. The van der Waals surface area contributed by atoms with Gasteiger partial charge in [0.2, 0.25) is 5.91 Å². The molecule has 3 rings (SSSR count). The Morgan fingerprint density at radius 2 is 2.18 bits per heavy atom. The Hall–Kier alpha value is -1.47. The van der Waals surface area contributed by atoms with E-state index in [0.29, 0.717) is 32.0 Å². The maximum atomic E-state index is 11.6. The lowest BCUT2D eigenvalue weighted by atomic mass is 10.3. The predicted molar refractivity (Wildman–Crippen MR) is 81.1 cm³/mol. The number of hydrogen-bond acceptors (Lipinski definition) is 5. The van der Waals surface area contributed by atoms with Gasteiger partial charge < -0.3 is 14.6 Å². The van der Waals surface area contributed by atoms with Gasteiger partial charge in [0.1, 0.15) is 11.6 Å². The molecule has 1 N–H and O–H groups in total. The van der Waals surface area contributed by atoms with Crippen molar-refractivity contribution in [1.82, 2.24) is 24.6 Å². The third kappa shape index (κ3) is 3.47. The number of aliphatic hydroxyl groups excluding tert-OH is 1. The van der Waals surface area contributed by atoms with E-state index in [1.807, 2.05) is 19.0 Å².